The number of hydrogen-bond acceptors (Lipinski definition) is 5. The number of carbonyl (C=O) groups excluding carboxylic acids is 2. The molecule has 8 nitrogen and oxygen atoms in total. The Hall–Kier alpha value is -3.39. The molecule has 1 aliphatic heterocycles. The normalized spacial score (nSPS) is 20.5. The average Bonchev–Trinajstić information content (AvgIpc) is 3.12. The smallest absolute Gasteiger partial charge is 0.407 e. The third-order valence-corrected chi connectivity index (χ3v) is 6.54. The molecule has 1 aliphatic carbocycles. The molecule has 0 bridgehead atoms. The molecule has 4 rings (SSSR count). The Balaban J connectivity index is 1.44. The summed E-state index contributed by atoms with van der Waals surface area (Å²) in [6, 6.07) is 14.1. The van der Waals surface area contributed by atoms with Crippen LogP contribution in [0, 0.1) is 0 Å². The quantitative estimate of drug-likeness (QED) is 0.621. The van der Waals surface area contributed by atoms with Crippen molar-refractivity contribution in [2.24, 2.45) is 0 Å². The Bertz CT molecular complexity index is 1010. The van der Waals surface area contributed by atoms with Crippen LogP contribution >= 0.6 is 0 Å². The molecule has 1 fully saturated rings. The number of carboxylic acids is 1. The van der Waals surface area contributed by atoms with E-state index in [2.05, 4.69) is 5.32 Å². The zero-order valence-electron chi connectivity index (χ0n) is 18.4. The second kappa shape index (κ2) is 9.62. The minimum Gasteiger partial charge on any atom is -0.481 e. The minimum absolute atomic E-state index is 0.0622. The van der Waals surface area contributed by atoms with Gasteiger partial charge >= 0.3 is 12.1 Å². The van der Waals surface area contributed by atoms with Crippen LogP contribution in [-0.2, 0) is 14.3 Å². The van der Waals surface area contributed by atoms with Crippen LogP contribution < -0.4 is 5.32 Å². The molecule has 2 aliphatic rings. The van der Waals surface area contributed by atoms with Crippen molar-refractivity contribution in [2.45, 2.75) is 50.3 Å². The summed E-state index contributed by atoms with van der Waals surface area (Å²) in [5.74, 6) is -1.89. The number of amides is 2. The second-order valence-corrected chi connectivity index (χ2v) is 8.60. The van der Waals surface area contributed by atoms with Gasteiger partial charge in [-0.25, -0.2) is 4.79 Å². The van der Waals surface area contributed by atoms with Crippen molar-refractivity contribution in [1.29, 1.82) is 0 Å². The van der Waals surface area contributed by atoms with Crippen LogP contribution in [0.25, 0.3) is 11.1 Å². The monoisotopic (exact) mass is 452 g/mol. The van der Waals surface area contributed by atoms with E-state index < -0.39 is 42.6 Å². The van der Waals surface area contributed by atoms with Gasteiger partial charge in [0, 0.05) is 12.5 Å². The van der Waals surface area contributed by atoms with Crippen LogP contribution in [0.4, 0.5) is 4.79 Å². The molecule has 0 aromatic heterocycles. The molecule has 3 atom stereocenters. The number of rotatable bonds is 6. The number of aliphatic hydroxyl groups is 1. The molecule has 8 heteroatoms. The molecule has 1 saturated heterocycles. The molecular weight excluding hydrogens is 424 g/mol. The minimum atomic E-state index is -1.27. The van der Waals surface area contributed by atoms with E-state index in [0.717, 1.165) is 22.3 Å². The zero-order chi connectivity index (χ0) is 23.5. The van der Waals surface area contributed by atoms with E-state index in [1.807, 2.05) is 48.5 Å². The number of hydrogen-bond donors (Lipinski definition) is 3. The van der Waals surface area contributed by atoms with Gasteiger partial charge in [0.05, 0.1) is 18.6 Å². The van der Waals surface area contributed by atoms with E-state index in [9.17, 15) is 24.6 Å². The number of fused-ring (bicyclic) bond motifs is 3. The van der Waals surface area contributed by atoms with Gasteiger partial charge in [-0.1, -0.05) is 48.5 Å². The number of piperidine rings is 1. The van der Waals surface area contributed by atoms with Crippen molar-refractivity contribution in [2.75, 3.05) is 13.2 Å². The highest BCUT2D eigenvalue weighted by Crippen LogP contribution is 2.44. The number of nitrogens with zero attached hydrogens (tertiary/aromatic N) is 1. The van der Waals surface area contributed by atoms with E-state index in [-0.39, 0.29) is 12.5 Å². The second-order valence-electron chi connectivity index (χ2n) is 8.60. The maximum atomic E-state index is 13.0. The largest absolute Gasteiger partial charge is 0.481 e. The highest BCUT2D eigenvalue weighted by Gasteiger charge is 2.36. The fraction of sp³-hybridized carbons (Fsp3) is 0.400. The number of aliphatic hydroxyl groups excluding tert-OH is 1. The zero-order valence-corrected chi connectivity index (χ0v) is 18.4. The summed E-state index contributed by atoms with van der Waals surface area (Å²) < 4.78 is 5.47. The van der Waals surface area contributed by atoms with Gasteiger partial charge in [-0.15, -0.1) is 0 Å². The van der Waals surface area contributed by atoms with Crippen LogP contribution in [0.1, 0.15) is 43.2 Å². The molecule has 174 valence electrons. The van der Waals surface area contributed by atoms with Gasteiger partial charge in [0.1, 0.15) is 12.6 Å². The number of aliphatic carboxylic acids is 1. The molecule has 0 saturated carbocycles. The maximum Gasteiger partial charge on any atom is 0.407 e. The number of ether oxygens (including phenoxy) is 1. The van der Waals surface area contributed by atoms with Gasteiger partial charge in [-0.3, -0.25) is 9.59 Å². The first-order valence-electron chi connectivity index (χ1n) is 11.2. The molecule has 0 spiro atoms. The van der Waals surface area contributed by atoms with Gasteiger partial charge in [0.2, 0.25) is 5.91 Å². The van der Waals surface area contributed by atoms with E-state index in [4.69, 9.17) is 4.74 Å². The lowest BCUT2D eigenvalue weighted by molar-refractivity contribution is -0.145. The Morgan fingerprint density at radius 3 is 2.30 bits per heavy atom. The molecule has 3 unspecified atom stereocenters. The lowest BCUT2D eigenvalue weighted by Gasteiger charge is -2.38. The molecular formula is C25H28N2O6. The first-order chi connectivity index (χ1) is 15.9. The SMILES string of the molecule is CC1C(O)CCCN1C(=O)C(CC(=O)O)NC(=O)OCC1c2ccccc2-c2ccccc21. The van der Waals surface area contributed by atoms with Gasteiger partial charge in [-0.05, 0) is 42.0 Å². The molecule has 3 N–H and O–H groups in total. The predicted molar refractivity (Wildman–Crippen MR) is 121 cm³/mol. The van der Waals surface area contributed by atoms with Gasteiger partial charge in [-0.2, -0.15) is 0 Å². The van der Waals surface area contributed by atoms with Crippen LogP contribution in [0.5, 0.6) is 0 Å². The molecule has 1 heterocycles. The number of carboxylic acid groups (broad SMARTS) is 1. The first kappa shape index (κ1) is 22.8. The molecule has 0 radical (unpaired) electrons. The van der Waals surface area contributed by atoms with E-state index >= 15 is 0 Å². The molecule has 2 amide bonds. The number of alkyl carbamates (subject to hydrolysis) is 1. The van der Waals surface area contributed by atoms with Gasteiger partial charge in [0.15, 0.2) is 0 Å². The Morgan fingerprint density at radius 2 is 1.70 bits per heavy atom. The van der Waals surface area contributed by atoms with Crippen molar-refractivity contribution in [3.63, 3.8) is 0 Å². The highest BCUT2D eigenvalue weighted by atomic mass is 16.5. The van der Waals surface area contributed by atoms with Crippen molar-refractivity contribution in [3.05, 3.63) is 59.7 Å². The number of carbonyl (C=O) groups is 3. The Morgan fingerprint density at radius 1 is 1.09 bits per heavy atom. The van der Waals surface area contributed by atoms with Crippen LogP contribution in [0.15, 0.2) is 48.5 Å². The molecule has 2 aromatic carbocycles. The Kier molecular flexibility index (Phi) is 6.65. The van der Waals surface area contributed by atoms with E-state index in [0.29, 0.717) is 19.4 Å². The fourth-order valence-corrected chi connectivity index (χ4v) is 4.79. The fourth-order valence-electron chi connectivity index (χ4n) is 4.79. The molecule has 2 aromatic rings. The van der Waals surface area contributed by atoms with Crippen LogP contribution in [0.2, 0.25) is 0 Å². The van der Waals surface area contributed by atoms with Crippen molar-refractivity contribution in [1.82, 2.24) is 10.2 Å². The lowest BCUT2D eigenvalue weighted by atomic mass is 9.98. The number of benzene rings is 2. The number of likely N-dealkylation sites (tertiary alicyclic amines) is 1. The van der Waals surface area contributed by atoms with Crippen LogP contribution in [-0.4, -0.2) is 64.4 Å². The maximum absolute atomic E-state index is 13.0. The summed E-state index contributed by atoms with van der Waals surface area (Å²) in [6.45, 7) is 2.18. The third-order valence-electron chi connectivity index (χ3n) is 6.54. The summed E-state index contributed by atoms with van der Waals surface area (Å²) in [5.41, 5.74) is 4.30. The van der Waals surface area contributed by atoms with Crippen molar-refractivity contribution < 1.29 is 29.3 Å². The standard InChI is InChI=1S/C25H28N2O6/c1-15-22(28)11-6-12-27(15)24(31)21(13-23(29)30)26-25(32)33-14-20-18-9-4-2-7-16(18)17-8-3-5-10-19(17)20/h2-5,7-10,15,20-22,28H,6,11-14H2,1H3,(H,26,32)(H,29,30). The first-order valence-corrected chi connectivity index (χ1v) is 11.2. The average molecular weight is 453 g/mol. The summed E-state index contributed by atoms with van der Waals surface area (Å²) in [4.78, 5) is 38.4. The topological polar surface area (TPSA) is 116 Å². The summed E-state index contributed by atoms with van der Waals surface area (Å²) >= 11 is 0. The van der Waals surface area contributed by atoms with Crippen molar-refractivity contribution in [3.8, 4) is 11.1 Å². The van der Waals surface area contributed by atoms with Crippen LogP contribution in [0.3, 0.4) is 0 Å². The number of nitrogens with one attached hydrogen (secondary N) is 1. The van der Waals surface area contributed by atoms with E-state index in [1.54, 1.807) is 6.92 Å². The Labute approximate surface area is 192 Å². The summed E-state index contributed by atoms with van der Waals surface area (Å²) in [5, 5.41) is 21.8. The summed E-state index contributed by atoms with van der Waals surface area (Å²) in [7, 11) is 0. The predicted octanol–water partition coefficient (Wildman–Crippen LogP) is 2.74. The lowest BCUT2D eigenvalue weighted by Crippen LogP contribution is -2.56. The third kappa shape index (κ3) is 4.71. The summed E-state index contributed by atoms with van der Waals surface area (Å²) in [6.07, 6.45) is -0.900. The molecule has 33 heavy (non-hydrogen) atoms. The van der Waals surface area contributed by atoms with Gasteiger partial charge in [0.25, 0.3) is 0 Å². The highest BCUT2D eigenvalue weighted by molar-refractivity contribution is 5.89. The van der Waals surface area contributed by atoms with Gasteiger partial charge < -0.3 is 25.2 Å². The van der Waals surface area contributed by atoms with Crippen molar-refractivity contribution >= 4 is 18.0 Å². The van der Waals surface area contributed by atoms with E-state index in [1.165, 1.54) is 4.90 Å².